The Balaban J connectivity index is 2.37. The van der Waals surface area contributed by atoms with E-state index in [1.807, 2.05) is 0 Å². The lowest BCUT2D eigenvalue weighted by Crippen LogP contribution is -2.46. The molecule has 0 bridgehead atoms. The second-order valence-corrected chi connectivity index (χ2v) is 4.43. The lowest BCUT2D eigenvalue weighted by molar-refractivity contribution is -0.120. The number of nitrogens with one attached hydrogen (secondary N) is 1. The molecular weight excluding hydrogens is 164 g/mol. The van der Waals surface area contributed by atoms with Gasteiger partial charge < -0.3 is 11.1 Å². The van der Waals surface area contributed by atoms with Crippen molar-refractivity contribution in [2.24, 2.45) is 17.6 Å². The summed E-state index contributed by atoms with van der Waals surface area (Å²) in [6, 6.07) is -0.0856. The number of hydrogen-bond acceptors (Lipinski definition) is 2. The number of carbonyl (C=O) groups excluding carboxylic acids is 1. The van der Waals surface area contributed by atoms with Crippen LogP contribution in [0.5, 0.6) is 0 Å². The molecule has 1 saturated heterocycles. The Morgan fingerprint density at radius 2 is 2.31 bits per heavy atom. The normalized spacial score (nSPS) is 29.2. The first-order chi connectivity index (χ1) is 6.09. The zero-order valence-electron chi connectivity index (χ0n) is 8.55. The summed E-state index contributed by atoms with van der Waals surface area (Å²) in [7, 11) is 0. The number of primary amides is 1. The molecular formula is C10H20N2O. The van der Waals surface area contributed by atoms with Gasteiger partial charge in [-0.05, 0) is 37.6 Å². The summed E-state index contributed by atoms with van der Waals surface area (Å²) < 4.78 is 0. The Hall–Kier alpha value is -0.570. The lowest BCUT2D eigenvalue weighted by atomic mass is 9.86. The number of rotatable bonds is 3. The second-order valence-electron chi connectivity index (χ2n) is 4.43. The molecule has 1 aliphatic heterocycles. The van der Waals surface area contributed by atoms with Crippen LogP contribution in [0.2, 0.25) is 0 Å². The summed E-state index contributed by atoms with van der Waals surface area (Å²) in [5.41, 5.74) is 5.26. The van der Waals surface area contributed by atoms with E-state index in [2.05, 4.69) is 19.2 Å². The third-order valence-corrected chi connectivity index (χ3v) is 2.66. The van der Waals surface area contributed by atoms with Crippen molar-refractivity contribution in [1.82, 2.24) is 5.32 Å². The van der Waals surface area contributed by atoms with Crippen LogP contribution >= 0.6 is 0 Å². The van der Waals surface area contributed by atoms with Crippen molar-refractivity contribution in [3.63, 3.8) is 0 Å². The van der Waals surface area contributed by atoms with Crippen LogP contribution < -0.4 is 11.1 Å². The molecule has 1 amide bonds. The van der Waals surface area contributed by atoms with Gasteiger partial charge in [0.2, 0.25) is 5.91 Å². The molecule has 1 rings (SSSR count). The van der Waals surface area contributed by atoms with Crippen LogP contribution in [0, 0.1) is 11.8 Å². The van der Waals surface area contributed by atoms with Gasteiger partial charge in [-0.2, -0.15) is 0 Å². The molecule has 1 fully saturated rings. The molecule has 76 valence electrons. The molecule has 2 atom stereocenters. The summed E-state index contributed by atoms with van der Waals surface area (Å²) in [6.45, 7) is 5.38. The van der Waals surface area contributed by atoms with Crippen LogP contribution in [0.3, 0.4) is 0 Å². The van der Waals surface area contributed by atoms with E-state index in [0.29, 0.717) is 5.92 Å². The van der Waals surface area contributed by atoms with Crippen molar-refractivity contribution >= 4 is 5.91 Å². The fraction of sp³-hybridized carbons (Fsp3) is 0.900. The fourth-order valence-electron chi connectivity index (χ4n) is 2.09. The highest BCUT2D eigenvalue weighted by atomic mass is 16.1. The highest BCUT2D eigenvalue weighted by Gasteiger charge is 2.25. The number of hydrogen-bond donors (Lipinski definition) is 2. The third kappa shape index (κ3) is 3.35. The van der Waals surface area contributed by atoms with Gasteiger partial charge >= 0.3 is 0 Å². The minimum absolute atomic E-state index is 0.0856. The van der Waals surface area contributed by atoms with Gasteiger partial charge in [0, 0.05) is 0 Å². The van der Waals surface area contributed by atoms with Gasteiger partial charge in [0.05, 0.1) is 6.04 Å². The molecule has 1 heterocycles. The number of nitrogens with two attached hydrogens (primary N) is 1. The zero-order valence-corrected chi connectivity index (χ0v) is 8.55. The largest absolute Gasteiger partial charge is 0.368 e. The predicted molar refractivity (Wildman–Crippen MR) is 53.2 cm³/mol. The summed E-state index contributed by atoms with van der Waals surface area (Å²) in [6.07, 6.45) is 3.32. The smallest absolute Gasteiger partial charge is 0.234 e. The average molecular weight is 184 g/mol. The highest BCUT2D eigenvalue weighted by molar-refractivity contribution is 5.79. The van der Waals surface area contributed by atoms with E-state index < -0.39 is 0 Å². The minimum atomic E-state index is -0.201. The fourth-order valence-corrected chi connectivity index (χ4v) is 2.09. The molecule has 2 unspecified atom stereocenters. The molecule has 0 aromatic heterocycles. The molecule has 3 heteroatoms. The van der Waals surface area contributed by atoms with Gasteiger partial charge in [-0.1, -0.05) is 13.8 Å². The molecule has 3 nitrogen and oxygen atoms in total. The van der Waals surface area contributed by atoms with Crippen LogP contribution in [0.25, 0.3) is 0 Å². The van der Waals surface area contributed by atoms with Gasteiger partial charge in [-0.3, -0.25) is 4.79 Å². The van der Waals surface area contributed by atoms with Crippen molar-refractivity contribution in [2.75, 3.05) is 6.54 Å². The van der Waals surface area contributed by atoms with E-state index in [0.717, 1.165) is 18.9 Å². The van der Waals surface area contributed by atoms with E-state index in [1.54, 1.807) is 0 Å². The first-order valence-corrected chi connectivity index (χ1v) is 5.12. The molecule has 0 saturated carbocycles. The van der Waals surface area contributed by atoms with E-state index in [-0.39, 0.29) is 11.9 Å². The lowest BCUT2D eigenvalue weighted by Gasteiger charge is -2.29. The van der Waals surface area contributed by atoms with Crippen molar-refractivity contribution < 1.29 is 4.79 Å². The van der Waals surface area contributed by atoms with Crippen molar-refractivity contribution in [3.8, 4) is 0 Å². The van der Waals surface area contributed by atoms with Crippen molar-refractivity contribution in [3.05, 3.63) is 0 Å². The zero-order chi connectivity index (χ0) is 9.84. The standard InChI is InChI=1S/C10H20N2O/c1-7(2)5-8-3-4-12-9(6-8)10(11)13/h7-9,12H,3-6H2,1-2H3,(H2,11,13). The van der Waals surface area contributed by atoms with E-state index in [4.69, 9.17) is 5.73 Å². The van der Waals surface area contributed by atoms with Gasteiger partial charge in [-0.25, -0.2) is 0 Å². The van der Waals surface area contributed by atoms with E-state index in [9.17, 15) is 4.79 Å². The second kappa shape index (κ2) is 4.61. The summed E-state index contributed by atoms with van der Waals surface area (Å²) >= 11 is 0. The third-order valence-electron chi connectivity index (χ3n) is 2.66. The highest BCUT2D eigenvalue weighted by Crippen LogP contribution is 2.23. The summed E-state index contributed by atoms with van der Waals surface area (Å²) in [5, 5.41) is 3.15. The van der Waals surface area contributed by atoms with Crippen LogP contribution in [0.15, 0.2) is 0 Å². The van der Waals surface area contributed by atoms with Gasteiger partial charge in [0.1, 0.15) is 0 Å². The van der Waals surface area contributed by atoms with Gasteiger partial charge in [-0.15, -0.1) is 0 Å². The van der Waals surface area contributed by atoms with E-state index in [1.165, 1.54) is 12.8 Å². The SMILES string of the molecule is CC(C)CC1CCNC(C(N)=O)C1. The first kappa shape index (κ1) is 10.5. The van der Waals surface area contributed by atoms with Crippen LogP contribution in [0.4, 0.5) is 0 Å². The maximum Gasteiger partial charge on any atom is 0.234 e. The Kier molecular flexibility index (Phi) is 3.72. The molecule has 1 aliphatic rings. The number of piperidine rings is 1. The first-order valence-electron chi connectivity index (χ1n) is 5.12. The Morgan fingerprint density at radius 1 is 1.62 bits per heavy atom. The molecule has 0 aromatic carbocycles. The minimum Gasteiger partial charge on any atom is -0.368 e. The Morgan fingerprint density at radius 3 is 2.85 bits per heavy atom. The van der Waals surface area contributed by atoms with Crippen LogP contribution in [0.1, 0.15) is 33.1 Å². The Bertz CT molecular complexity index is 180. The molecule has 0 aliphatic carbocycles. The van der Waals surface area contributed by atoms with Gasteiger partial charge in [0.15, 0.2) is 0 Å². The molecule has 0 spiro atoms. The Labute approximate surface area is 80.1 Å². The average Bonchev–Trinajstić information content (AvgIpc) is 2.03. The molecule has 0 radical (unpaired) electrons. The maximum absolute atomic E-state index is 10.9. The topological polar surface area (TPSA) is 55.1 Å². The number of amides is 1. The monoisotopic (exact) mass is 184 g/mol. The number of carbonyl (C=O) groups is 1. The van der Waals surface area contributed by atoms with Crippen LogP contribution in [-0.2, 0) is 4.79 Å². The van der Waals surface area contributed by atoms with Crippen molar-refractivity contribution in [1.29, 1.82) is 0 Å². The molecule has 13 heavy (non-hydrogen) atoms. The van der Waals surface area contributed by atoms with Gasteiger partial charge in [0.25, 0.3) is 0 Å². The van der Waals surface area contributed by atoms with Crippen molar-refractivity contribution in [2.45, 2.75) is 39.2 Å². The predicted octanol–water partition coefficient (Wildman–Crippen LogP) is 0.886. The summed E-state index contributed by atoms with van der Waals surface area (Å²) in [5.74, 6) is 1.20. The summed E-state index contributed by atoms with van der Waals surface area (Å²) in [4.78, 5) is 10.9. The molecule has 0 aromatic rings. The quantitative estimate of drug-likeness (QED) is 0.684. The van der Waals surface area contributed by atoms with Crippen LogP contribution in [-0.4, -0.2) is 18.5 Å². The maximum atomic E-state index is 10.9. The van der Waals surface area contributed by atoms with E-state index >= 15 is 0 Å². The molecule has 3 N–H and O–H groups in total.